The minimum Gasteiger partial charge on any atom is -0.383 e. The number of ether oxygens (including phenoxy) is 1. The highest BCUT2D eigenvalue weighted by Gasteiger charge is 2.31. The minimum absolute atomic E-state index is 0.0968. The molecule has 0 amide bonds. The van der Waals surface area contributed by atoms with Crippen LogP contribution < -0.4 is 5.32 Å². The Labute approximate surface area is 127 Å². The number of hydrogen-bond donors (Lipinski definition) is 2. The molecule has 0 aromatic carbocycles. The summed E-state index contributed by atoms with van der Waals surface area (Å²) in [6.07, 6.45) is 2.29. The van der Waals surface area contributed by atoms with E-state index in [1.807, 2.05) is 20.8 Å². The van der Waals surface area contributed by atoms with E-state index >= 15 is 0 Å². The molecule has 0 fully saturated rings. The SMILES string of the molecule is CCNCc1cn[nH]c1S(=O)(=O)N(CCOC)C(C)CC. The number of rotatable bonds is 10. The Bertz CT molecular complexity index is 515. The lowest BCUT2D eigenvalue weighted by Gasteiger charge is -2.27. The number of aromatic amines is 1. The number of nitrogens with one attached hydrogen (secondary N) is 2. The quantitative estimate of drug-likeness (QED) is 0.671. The third-order valence-corrected chi connectivity index (χ3v) is 5.44. The number of aromatic nitrogens is 2. The second-order valence-electron chi connectivity index (χ2n) is 4.87. The molecule has 0 bridgehead atoms. The van der Waals surface area contributed by atoms with Gasteiger partial charge in [0.25, 0.3) is 10.0 Å². The molecule has 1 aromatic rings. The highest BCUT2D eigenvalue weighted by atomic mass is 32.2. The first-order valence-corrected chi connectivity index (χ1v) is 8.66. The summed E-state index contributed by atoms with van der Waals surface area (Å²) in [7, 11) is -2.04. The van der Waals surface area contributed by atoms with Crippen molar-refractivity contribution in [1.29, 1.82) is 0 Å². The zero-order valence-corrected chi connectivity index (χ0v) is 14.0. The van der Waals surface area contributed by atoms with Crippen LogP contribution in [0.15, 0.2) is 11.2 Å². The Balaban J connectivity index is 3.07. The van der Waals surface area contributed by atoms with Crippen LogP contribution in [-0.2, 0) is 21.3 Å². The summed E-state index contributed by atoms with van der Waals surface area (Å²) in [6.45, 7) is 7.76. The summed E-state index contributed by atoms with van der Waals surface area (Å²) in [5, 5.41) is 9.80. The molecule has 1 aromatic heterocycles. The molecule has 0 saturated carbocycles. The molecule has 1 heterocycles. The van der Waals surface area contributed by atoms with Crippen LogP contribution in [-0.4, -0.2) is 55.8 Å². The lowest BCUT2D eigenvalue weighted by Crippen LogP contribution is -2.41. The molecule has 0 saturated heterocycles. The van der Waals surface area contributed by atoms with E-state index in [-0.39, 0.29) is 11.1 Å². The molecule has 8 heteroatoms. The van der Waals surface area contributed by atoms with Crippen molar-refractivity contribution in [3.63, 3.8) is 0 Å². The Morgan fingerprint density at radius 3 is 2.76 bits per heavy atom. The van der Waals surface area contributed by atoms with Crippen LogP contribution in [0.4, 0.5) is 0 Å². The predicted octanol–water partition coefficient (Wildman–Crippen LogP) is 0.955. The summed E-state index contributed by atoms with van der Waals surface area (Å²) in [5.74, 6) is 0. The maximum Gasteiger partial charge on any atom is 0.260 e. The van der Waals surface area contributed by atoms with Crippen molar-refractivity contribution in [3.8, 4) is 0 Å². The van der Waals surface area contributed by atoms with Crippen molar-refractivity contribution < 1.29 is 13.2 Å². The van der Waals surface area contributed by atoms with Gasteiger partial charge in [0, 0.05) is 31.8 Å². The largest absolute Gasteiger partial charge is 0.383 e. The van der Waals surface area contributed by atoms with E-state index in [2.05, 4.69) is 15.5 Å². The standard InChI is InChI=1S/C13H26N4O3S/c1-5-11(3)17(7-8-20-4)21(18,19)13-12(9-14-6-2)10-15-16-13/h10-11,14H,5-9H2,1-4H3,(H,15,16). The van der Waals surface area contributed by atoms with E-state index in [1.165, 1.54) is 4.31 Å². The zero-order valence-electron chi connectivity index (χ0n) is 13.2. The van der Waals surface area contributed by atoms with Crippen LogP contribution in [0.5, 0.6) is 0 Å². The lowest BCUT2D eigenvalue weighted by atomic mass is 10.3. The fourth-order valence-corrected chi connectivity index (χ4v) is 3.78. The van der Waals surface area contributed by atoms with Gasteiger partial charge in [0.05, 0.1) is 12.8 Å². The Kier molecular flexibility index (Phi) is 7.30. The average molecular weight is 318 g/mol. The monoisotopic (exact) mass is 318 g/mol. The van der Waals surface area contributed by atoms with Crippen LogP contribution in [0.1, 0.15) is 32.8 Å². The minimum atomic E-state index is -3.61. The lowest BCUT2D eigenvalue weighted by molar-refractivity contribution is 0.167. The maximum atomic E-state index is 12.9. The van der Waals surface area contributed by atoms with Crippen LogP contribution in [0, 0.1) is 0 Å². The van der Waals surface area contributed by atoms with Gasteiger partial charge in [0.2, 0.25) is 0 Å². The Hall–Kier alpha value is -0.960. The van der Waals surface area contributed by atoms with Gasteiger partial charge in [0.1, 0.15) is 0 Å². The molecule has 0 spiro atoms. The fourth-order valence-electron chi connectivity index (χ4n) is 1.99. The summed E-state index contributed by atoms with van der Waals surface area (Å²) in [6, 6.07) is -0.0968. The number of methoxy groups -OCH3 is 1. The number of hydrogen-bond acceptors (Lipinski definition) is 5. The first-order chi connectivity index (χ1) is 9.98. The van der Waals surface area contributed by atoms with Gasteiger partial charge < -0.3 is 10.1 Å². The van der Waals surface area contributed by atoms with Gasteiger partial charge in [-0.1, -0.05) is 13.8 Å². The van der Waals surface area contributed by atoms with Crippen LogP contribution in [0.2, 0.25) is 0 Å². The second-order valence-corrected chi connectivity index (χ2v) is 6.70. The van der Waals surface area contributed by atoms with Crippen LogP contribution >= 0.6 is 0 Å². The van der Waals surface area contributed by atoms with E-state index in [0.29, 0.717) is 25.3 Å². The second kappa shape index (κ2) is 8.47. The molecule has 0 radical (unpaired) electrons. The van der Waals surface area contributed by atoms with E-state index in [4.69, 9.17) is 4.74 Å². The normalized spacial score (nSPS) is 13.8. The summed E-state index contributed by atoms with van der Waals surface area (Å²) in [5.41, 5.74) is 0.655. The molecular formula is C13H26N4O3S. The van der Waals surface area contributed by atoms with Crippen molar-refractivity contribution >= 4 is 10.0 Å². The predicted molar refractivity (Wildman–Crippen MR) is 81.5 cm³/mol. The highest BCUT2D eigenvalue weighted by molar-refractivity contribution is 7.89. The van der Waals surface area contributed by atoms with Gasteiger partial charge in [-0.2, -0.15) is 9.40 Å². The van der Waals surface area contributed by atoms with Crippen LogP contribution in [0.25, 0.3) is 0 Å². The summed E-state index contributed by atoms with van der Waals surface area (Å²) < 4.78 is 32.2. The van der Waals surface area contributed by atoms with Crippen LogP contribution in [0.3, 0.4) is 0 Å². The summed E-state index contributed by atoms with van der Waals surface area (Å²) >= 11 is 0. The van der Waals surface area contributed by atoms with Gasteiger partial charge in [-0.25, -0.2) is 8.42 Å². The molecule has 1 atom stereocenters. The molecule has 1 unspecified atom stereocenters. The van der Waals surface area contributed by atoms with E-state index in [1.54, 1.807) is 13.3 Å². The third-order valence-electron chi connectivity index (χ3n) is 3.41. The molecule has 2 N–H and O–H groups in total. The average Bonchev–Trinajstić information content (AvgIpc) is 2.94. The van der Waals surface area contributed by atoms with E-state index in [9.17, 15) is 8.42 Å². The van der Waals surface area contributed by atoms with Gasteiger partial charge in [-0.05, 0) is 19.9 Å². The van der Waals surface area contributed by atoms with Gasteiger partial charge >= 0.3 is 0 Å². The van der Waals surface area contributed by atoms with Gasteiger partial charge in [0.15, 0.2) is 5.03 Å². The molecule has 1 rings (SSSR count). The first-order valence-electron chi connectivity index (χ1n) is 7.22. The van der Waals surface area contributed by atoms with Crippen molar-refractivity contribution in [2.24, 2.45) is 0 Å². The molecule has 0 aliphatic heterocycles. The smallest absolute Gasteiger partial charge is 0.260 e. The van der Waals surface area contributed by atoms with Gasteiger partial charge in [-0.3, -0.25) is 5.10 Å². The van der Waals surface area contributed by atoms with E-state index in [0.717, 1.165) is 13.0 Å². The first kappa shape index (κ1) is 18.1. The number of sulfonamides is 1. The van der Waals surface area contributed by atoms with Crippen molar-refractivity contribution in [2.45, 2.75) is 44.8 Å². The molecular weight excluding hydrogens is 292 g/mol. The molecule has 0 aliphatic carbocycles. The number of nitrogens with zero attached hydrogens (tertiary/aromatic N) is 2. The van der Waals surface area contributed by atoms with Crippen molar-refractivity contribution in [2.75, 3.05) is 26.8 Å². The Morgan fingerprint density at radius 1 is 1.48 bits per heavy atom. The Morgan fingerprint density at radius 2 is 2.19 bits per heavy atom. The highest BCUT2D eigenvalue weighted by Crippen LogP contribution is 2.20. The zero-order chi connectivity index (χ0) is 15.9. The molecule has 7 nitrogen and oxygen atoms in total. The topological polar surface area (TPSA) is 87.3 Å². The molecule has 122 valence electrons. The van der Waals surface area contributed by atoms with E-state index < -0.39 is 10.0 Å². The molecule has 21 heavy (non-hydrogen) atoms. The fraction of sp³-hybridized carbons (Fsp3) is 0.769. The third kappa shape index (κ3) is 4.50. The molecule has 0 aliphatic rings. The number of H-pyrrole nitrogens is 1. The summed E-state index contributed by atoms with van der Waals surface area (Å²) in [4.78, 5) is 0. The maximum absolute atomic E-state index is 12.9. The van der Waals surface area contributed by atoms with Crippen molar-refractivity contribution in [1.82, 2.24) is 19.8 Å². The van der Waals surface area contributed by atoms with Crippen molar-refractivity contribution in [3.05, 3.63) is 11.8 Å². The van der Waals surface area contributed by atoms with Gasteiger partial charge in [-0.15, -0.1) is 0 Å².